The first-order chi connectivity index (χ1) is 11.5. The lowest BCUT2D eigenvalue weighted by Gasteiger charge is -2.09. The number of hydrogen-bond acceptors (Lipinski definition) is 5. The summed E-state index contributed by atoms with van der Waals surface area (Å²) in [6, 6.07) is 5.13. The van der Waals surface area contributed by atoms with E-state index in [1.165, 1.54) is 0 Å². The van der Waals surface area contributed by atoms with Gasteiger partial charge < -0.3 is 15.6 Å². The number of imide groups is 1. The number of anilines is 1. The molecule has 2 rings (SSSR count). The van der Waals surface area contributed by atoms with Crippen molar-refractivity contribution in [2.45, 2.75) is 32.1 Å². The van der Waals surface area contributed by atoms with Crippen molar-refractivity contribution in [2.24, 2.45) is 0 Å². The molecule has 0 spiro atoms. The molecule has 0 unspecified atom stereocenters. The summed E-state index contributed by atoms with van der Waals surface area (Å²) < 4.78 is 5.62. The van der Waals surface area contributed by atoms with E-state index < -0.39 is 11.9 Å². The largest absolute Gasteiger partial charge is 0.494 e. The third kappa shape index (κ3) is 5.12. The lowest BCUT2D eigenvalue weighted by atomic mass is 10.1. The zero-order chi connectivity index (χ0) is 17.5. The fourth-order valence-electron chi connectivity index (χ4n) is 2.32. The summed E-state index contributed by atoms with van der Waals surface area (Å²) >= 11 is 0. The van der Waals surface area contributed by atoms with Crippen molar-refractivity contribution < 1.29 is 24.2 Å². The number of rotatable bonds is 8. The minimum atomic E-state index is -0.790. The van der Waals surface area contributed by atoms with Gasteiger partial charge in [-0.1, -0.05) is 0 Å². The van der Waals surface area contributed by atoms with E-state index in [0.717, 1.165) is 12.8 Å². The van der Waals surface area contributed by atoms with Gasteiger partial charge in [-0.05, 0) is 43.5 Å². The van der Waals surface area contributed by atoms with E-state index in [1.54, 1.807) is 24.3 Å². The fraction of sp³-hybridized carbons (Fsp3) is 0.353. The van der Waals surface area contributed by atoms with E-state index in [-0.39, 0.29) is 18.7 Å². The molecule has 0 aromatic heterocycles. The molecule has 1 aromatic rings. The summed E-state index contributed by atoms with van der Waals surface area (Å²) in [7, 11) is 0. The maximum absolute atomic E-state index is 11.6. The molecule has 1 aromatic carbocycles. The van der Waals surface area contributed by atoms with Gasteiger partial charge in [0.15, 0.2) is 0 Å². The molecule has 1 fully saturated rings. The van der Waals surface area contributed by atoms with Crippen molar-refractivity contribution in [2.75, 3.05) is 12.3 Å². The zero-order valence-corrected chi connectivity index (χ0v) is 13.2. The normalized spacial score (nSPS) is 15.6. The Morgan fingerprint density at radius 3 is 2.75 bits per heavy atom. The monoisotopic (exact) mass is 332 g/mol. The minimum absolute atomic E-state index is 0.0485. The number of carbonyl (C=O) groups excluding carboxylic acids is 2. The van der Waals surface area contributed by atoms with Gasteiger partial charge in [-0.15, -0.1) is 0 Å². The molecule has 1 aliphatic rings. The predicted molar refractivity (Wildman–Crippen MR) is 88.2 cm³/mol. The topological polar surface area (TPSA) is 119 Å². The number of unbranched alkanes of at least 4 members (excludes halogenated alkanes) is 2. The number of benzene rings is 1. The van der Waals surface area contributed by atoms with Crippen LogP contribution >= 0.6 is 0 Å². The molecule has 0 radical (unpaired) electrons. The Morgan fingerprint density at radius 2 is 2.08 bits per heavy atom. The minimum Gasteiger partial charge on any atom is -0.494 e. The molecule has 2 amide bonds. The number of nitrogen functional groups attached to an aromatic ring is 1. The first kappa shape index (κ1) is 17.5. The van der Waals surface area contributed by atoms with E-state index in [9.17, 15) is 14.4 Å². The molecule has 0 bridgehead atoms. The van der Waals surface area contributed by atoms with Gasteiger partial charge in [0.2, 0.25) is 5.91 Å². The van der Waals surface area contributed by atoms with E-state index in [1.807, 2.05) is 0 Å². The third-order valence-electron chi connectivity index (χ3n) is 3.59. The van der Waals surface area contributed by atoms with Crippen molar-refractivity contribution >= 4 is 29.5 Å². The zero-order valence-electron chi connectivity index (χ0n) is 13.2. The highest BCUT2D eigenvalue weighted by molar-refractivity contribution is 6.15. The Bertz CT molecular complexity index is 682. The molecule has 1 saturated heterocycles. The molecule has 0 saturated carbocycles. The van der Waals surface area contributed by atoms with Crippen LogP contribution in [0.4, 0.5) is 5.69 Å². The second kappa shape index (κ2) is 8.14. The van der Waals surface area contributed by atoms with Crippen LogP contribution in [0.3, 0.4) is 0 Å². The molecule has 128 valence electrons. The second-order valence-electron chi connectivity index (χ2n) is 5.57. The van der Waals surface area contributed by atoms with Gasteiger partial charge in [0.1, 0.15) is 5.75 Å². The molecule has 7 heteroatoms. The summed E-state index contributed by atoms with van der Waals surface area (Å²) in [5, 5.41) is 10.8. The highest BCUT2D eigenvalue weighted by Gasteiger charge is 2.23. The summed E-state index contributed by atoms with van der Waals surface area (Å²) in [4.78, 5) is 33.2. The Hall–Kier alpha value is -2.83. The van der Waals surface area contributed by atoms with Crippen molar-refractivity contribution in [1.82, 2.24) is 5.32 Å². The number of nitrogens with one attached hydrogen (secondary N) is 1. The Balaban J connectivity index is 1.91. The molecular weight excluding hydrogens is 312 g/mol. The Morgan fingerprint density at radius 1 is 1.29 bits per heavy atom. The van der Waals surface area contributed by atoms with Gasteiger partial charge in [-0.2, -0.15) is 0 Å². The predicted octanol–water partition coefficient (Wildman–Crippen LogP) is 1.72. The van der Waals surface area contributed by atoms with Crippen LogP contribution in [-0.4, -0.2) is 29.5 Å². The van der Waals surface area contributed by atoms with Crippen LogP contribution < -0.4 is 15.8 Å². The molecule has 4 N–H and O–H groups in total. The SMILES string of the molecule is Nc1ccc(OCCCCCC(=O)O)cc1/C=C1\CC(=O)NC1=O. The third-order valence-corrected chi connectivity index (χ3v) is 3.59. The smallest absolute Gasteiger partial charge is 0.303 e. The molecule has 24 heavy (non-hydrogen) atoms. The van der Waals surface area contributed by atoms with Crippen LogP contribution in [0.15, 0.2) is 23.8 Å². The number of ether oxygens (including phenoxy) is 1. The molecular formula is C17H20N2O5. The fourth-order valence-corrected chi connectivity index (χ4v) is 2.32. The lowest BCUT2D eigenvalue weighted by molar-refractivity contribution is -0.137. The van der Waals surface area contributed by atoms with Gasteiger partial charge in [-0.3, -0.25) is 19.7 Å². The van der Waals surface area contributed by atoms with Crippen LogP contribution in [-0.2, 0) is 14.4 Å². The van der Waals surface area contributed by atoms with Crippen LogP contribution in [0.2, 0.25) is 0 Å². The first-order valence-corrected chi connectivity index (χ1v) is 7.74. The van der Waals surface area contributed by atoms with E-state index in [2.05, 4.69) is 5.32 Å². The van der Waals surface area contributed by atoms with Gasteiger partial charge in [0.25, 0.3) is 5.91 Å². The highest BCUT2D eigenvalue weighted by atomic mass is 16.5. The van der Waals surface area contributed by atoms with Gasteiger partial charge in [-0.25, -0.2) is 0 Å². The number of nitrogens with two attached hydrogens (primary N) is 1. The Kier molecular flexibility index (Phi) is 5.95. The first-order valence-electron chi connectivity index (χ1n) is 7.74. The summed E-state index contributed by atoms with van der Waals surface area (Å²) in [5.41, 5.74) is 7.38. The quantitative estimate of drug-likeness (QED) is 0.289. The standard InChI is InChI=1S/C17H20N2O5/c18-14-6-5-13(24-7-3-1-2-4-16(21)22)9-11(14)8-12-10-15(20)19-17(12)23/h5-6,8-9H,1-4,7,10,18H2,(H,21,22)(H,19,20,23)/b12-8+. The van der Waals surface area contributed by atoms with Gasteiger partial charge >= 0.3 is 5.97 Å². The van der Waals surface area contributed by atoms with Crippen molar-refractivity contribution in [3.63, 3.8) is 0 Å². The maximum Gasteiger partial charge on any atom is 0.303 e. The van der Waals surface area contributed by atoms with Crippen molar-refractivity contribution in [3.05, 3.63) is 29.3 Å². The van der Waals surface area contributed by atoms with E-state index in [0.29, 0.717) is 35.6 Å². The molecule has 1 heterocycles. The van der Waals surface area contributed by atoms with Gasteiger partial charge in [0, 0.05) is 23.2 Å². The average Bonchev–Trinajstić information content (AvgIpc) is 2.83. The Labute approximate surface area is 139 Å². The number of hydrogen-bond donors (Lipinski definition) is 3. The van der Waals surface area contributed by atoms with E-state index in [4.69, 9.17) is 15.6 Å². The number of carboxylic acid groups (broad SMARTS) is 1. The number of carbonyl (C=O) groups is 3. The second-order valence-corrected chi connectivity index (χ2v) is 5.57. The van der Waals surface area contributed by atoms with Crippen LogP contribution in [0.5, 0.6) is 5.75 Å². The summed E-state index contributed by atoms with van der Waals surface area (Å²) in [6.07, 6.45) is 3.97. The van der Waals surface area contributed by atoms with Crippen molar-refractivity contribution in [3.8, 4) is 5.75 Å². The van der Waals surface area contributed by atoms with Crippen molar-refractivity contribution in [1.29, 1.82) is 0 Å². The van der Waals surface area contributed by atoms with Crippen LogP contribution in [0.1, 0.15) is 37.7 Å². The lowest BCUT2D eigenvalue weighted by Crippen LogP contribution is -2.19. The maximum atomic E-state index is 11.6. The molecule has 1 aliphatic heterocycles. The average molecular weight is 332 g/mol. The molecule has 0 atom stereocenters. The van der Waals surface area contributed by atoms with Gasteiger partial charge in [0.05, 0.1) is 13.0 Å². The summed E-state index contributed by atoms with van der Waals surface area (Å²) in [5.74, 6) is -0.900. The van der Waals surface area contributed by atoms with Crippen LogP contribution in [0, 0.1) is 0 Å². The molecule has 0 aliphatic carbocycles. The number of carboxylic acids is 1. The summed E-state index contributed by atoms with van der Waals surface area (Å²) in [6.45, 7) is 0.471. The number of amides is 2. The number of aliphatic carboxylic acids is 1. The highest BCUT2D eigenvalue weighted by Crippen LogP contribution is 2.24. The van der Waals surface area contributed by atoms with Crippen LogP contribution in [0.25, 0.3) is 6.08 Å². The molecule has 7 nitrogen and oxygen atoms in total. The van der Waals surface area contributed by atoms with E-state index >= 15 is 0 Å².